The highest BCUT2D eigenvalue weighted by Gasteiger charge is 2.18. The Balaban J connectivity index is 2.33. The summed E-state index contributed by atoms with van der Waals surface area (Å²) in [6, 6.07) is 0. The Labute approximate surface area is 120 Å². The monoisotopic (exact) mass is 293 g/mol. The second-order valence-corrected chi connectivity index (χ2v) is 4.52. The molecular formula is C12H15N5O2S. The van der Waals surface area contributed by atoms with Gasteiger partial charge in [0.2, 0.25) is 4.77 Å². The number of carbonyl (C=O) groups is 1. The van der Waals surface area contributed by atoms with Gasteiger partial charge in [-0.05, 0) is 38.6 Å². The number of hydrogen-bond donors (Lipinski definition) is 2. The minimum Gasteiger partial charge on any atom is -0.462 e. The van der Waals surface area contributed by atoms with Crippen molar-refractivity contribution in [2.75, 3.05) is 6.61 Å². The van der Waals surface area contributed by atoms with E-state index in [9.17, 15) is 4.79 Å². The molecule has 0 fully saturated rings. The summed E-state index contributed by atoms with van der Waals surface area (Å²) in [7, 11) is 0. The van der Waals surface area contributed by atoms with Crippen LogP contribution in [0.4, 0.5) is 0 Å². The molecule has 7 nitrogen and oxygen atoms in total. The molecule has 0 aromatic carbocycles. The second kappa shape index (κ2) is 5.83. The summed E-state index contributed by atoms with van der Waals surface area (Å²) in [6.45, 7) is 5.78. The van der Waals surface area contributed by atoms with Crippen LogP contribution in [0.2, 0.25) is 0 Å². The van der Waals surface area contributed by atoms with Crippen molar-refractivity contribution in [1.82, 2.24) is 19.9 Å². The summed E-state index contributed by atoms with van der Waals surface area (Å²) in [5.41, 5.74) is 2.82. The number of aromatic amines is 2. The fourth-order valence-corrected chi connectivity index (χ4v) is 2.00. The lowest BCUT2D eigenvalue weighted by Crippen LogP contribution is -2.06. The number of rotatable bonds is 4. The Morgan fingerprint density at radius 3 is 2.95 bits per heavy atom. The van der Waals surface area contributed by atoms with E-state index in [0.717, 1.165) is 17.0 Å². The Bertz CT molecular complexity index is 710. The number of hydrogen-bond acceptors (Lipinski definition) is 5. The van der Waals surface area contributed by atoms with Crippen molar-refractivity contribution in [3.8, 4) is 0 Å². The molecule has 0 saturated heterocycles. The first-order valence-electron chi connectivity index (χ1n) is 6.07. The van der Waals surface area contributed by atoms with Crippen LogP contribution in [0.3, 0.4) is 0 Å². The molecule has 2 rings (SSSR count). The quantitative estimate of drug-likeness (QED) is 0.512. The molecule has 106 valence electrons. The van der Waals surface area contributed by atoms with Crippen molar-refractivity contribution >= 4 is 24.4 Å². The summed E-state index contributed by atoms with van der Waals surface area (Å²) in [5.74, 6) is -0.335. The Morgan fingerprint density at radius 1 is 1.60 bits per heavy atom. The van der Waals surface area contributed by atoms with Gasteiger partial charge in [-0.2, -0.15) is 14.9 Å². The summed E-state index contributed by atoms with van der Waals surface area (Å²) in [4.78, 5) is 15.0. The molecule has 0 bridgehead atoms. The van der Waals surface area contributed by atoms with E-state index in [2.05, 4.69) is 20.3 Å². The molecule has 0 saturated carbocycles. The molecule has 8 heteroatoms. The largest absolute Gasteiger partial charge is 0.462 e. The summed E-state index contributed by atoms with van der Waals surface area (Å²) in [6.07, 6.45) is 3.06. The van der Waals surface area contributed by atoms with E-state index in [1.54, 1.807) is 13.1 Å². The molecule has 0 amide bonds. The average molecular weight is 293 g/mol. The van der Waals surface area contributed by atoms with E-state index in [1.165, 1.54) is 11.0 Å². The van der Waals surface area contributed by atoms with Crippen LogP contribution in [-0.4, -0.2) is 38.6 Å². The van der Waals surface area contributed by atoms with Crippen molar-refractivity contribution < 1.29 is 9.53 Å². The van der Waals surface area contributed by atoms with Gasteiger partial charge < -0.3 is 9.72 Å². The topological polar surface area (TPSA) is 88.1 Å². The fourth-order valence-electron chi connectivity index (χ4n) is 1.86. The molecule has 0 spiro atoms. The van der Waals surface area contributed by atoms with Gasteiger partial charge in [-0.1, -0.05) is 0 Å². The van der Waals surface area contributed by atoms with Gasteiger partial charge in [0.15, 0.2) is 0 Å². The fraction of sp³-hybridized carbons (Fsp3) is 0.333. The van der Waals surface area contributed by atoms with Gasteiger partial charge >= 0.3 is 5.97 Å². The van der Waals surface area contributed by atoms with Gasteiger partial charge in [0.05, 0.1) is 24.1 Å². The minimum atomic E-state index is -0.335. The average Bonchev–Trinajstić information content (AvgIpc) is 2.91. The maximum atomic E-state index is 11.9. The van der Waals surface area contributed by atoms with Gasteiger partial charge in [0, 0.05) is 5.69 Å². The smallest absolute Gasteiger partial charge is 0.340 e. The van der Waals surface area contributed by atoms with Crippen molar-refractivity contribution in [2.24, 2.45) is 5.10 Å². The molecule has 0 radical (unpaired) electrons. The number of aryl methyl sites for hydroxylation is 1. The van der Waals surface area contributed by atoms with Crippen molar-refractivity contribution in [2.45, 2.75) is 20.8 Å². The zero-order valence-corrected chi connectivity index (χ0v) is 12.2. The second-order valence-electron chi connectivity index (χ2n) is 4.13. The zero-order chi connectivity index (χ0) is 14.7. The Hall–Kier alpha value is -2.22. The minimum absolute atomic E-state index is 0.335. The number of nitrogens with one attached hydrogen (secondary N) is 2. The summed E-state index contributed by atoms with van der Waals surface area (Å²) >= 11 is 4.99. The maximum Gasteiger partial charge on any atom is 0.340 e. The van der Waals surface area contributed by atoms with Gasteiger partial charge in [-0.15, -0.1) is 0 Å². The van der Waals surface area contributed by atoms with Crippen LogP contribution in [-0.2, 0) is 4.74 Å². The first-order chi connectivity index (χ1) is 9.54. The number of ether oxygens (including phenoxy) is 1. The van der Waals surface area contributed by atoms with E-state index >= 15 is 0 Å². The third-order valence-corrected chi connectivity index (χ3v) is 3.08. The number of aromatic nitrogens is 4. The van der Waals surface area contributed by atoms with Crippen LogP contribution in [0.5, 0.6) is 0 Å². The SMILES string of the molecule is CCOC(=O)c1c(C)[nH]c(/C=N/n2cn[nH]c2=S)c1C. The van der Waals surface area contributed by atoms with Crippen LogP contribution in [0, 0.1) is 18.6 Å². The van der Waals surface area contributed by atoms with Crippen molar-refractivity contribution in [3.05, 3.63) is 33.6 Å². The standard InChI is InChI=1S/C12H15N5O2S/c1-4-19-11(18)10-7(2)9(15-8(10)3)5-14-17-6-13-16-12(17)20/h5-6,15H,4H2,1-3H3,(H,16,20)/b14-5+. The van der Waals surface area contributed by atoms with Gasteiger partial charge in [0.25, 0.3) is 0 Å². The maximum absolute atomic E-state index is 11.9. The van der Waals surface area contributed by atoms with Crippen LogP contribution in [0.25, 0.3) is 0 Å². The first kappa shape index (κ1) is 14.2. The molecule has 0 atom stereocenters. The van der Waals surface area contributed by atoms with Crippen molar-refractivity contribution in [3.63, 3.8) is 0 Å². The van der Waals surface area contributed by atoms with Gasteiger partial charge in [-0.3, -0.25) is 5.10 Å². The molecular weight excluding hydrogens is 278 g/mol. The number of nitrogens with zero attached hydrogens (tertiary/aromatic N) is 3. The van der Waals surface area contributed by atoms with Crippen LogP contribution in [0.15, 0.2) is 11.4 Å². The van der Waals surface area contributed by atoms with Crippen LogP contribution >= 0.6 is 12.2 Å². The molecule has 2 aromatic rings. The molecule has 0 aliphatic carbocycles. The van der Waals surface area contributed by atoms with E-state index < -0.39 is 0 Å². The van der Waals surface area contributed by atoms with Gasteiger partial charge in [0.1, 0.15) is 6.33 Å². The highest BCUT2D eigenvalue weighted by molar-refractivity contribution is 7.71. The lowest BCUT2D eigenvalue weighted by molar-refractivity contribution is 0.0525. The Morgan fingerprint density at radius 2 is 2.35 bits per heavy atom. The predicted molar refractivity (Wildman–Crippen MR) is 76.6 cm³/mol. The lowest BCUT2D eigenvalue weighted by atomic mass is 10.1. The highest BCUT2D eigenvalue weighted by atomic mass is 32.1. The molecule has 0 unspecified atom stereocenters. The normalized spacial score (nSPS) is 11.2. The molecule has 2 aromatic heterocycles. The highest BCUT2D eigenvalue weighted by Crippen LogP contribution is 2.17. The number of esters is 1. The molecule has 0 aliphatic rings. The van der Waals surface area contributed by atoms with E-state index in [-0.39, 0.29) is 5.97 Å². The zero-order valence-electron chi connectivity index (χ0n) is 11.4. The lowest BCUT2D eigenvalue weighted by Gasteiger charge is -2.01. The van der Waals surface area contributed by atoms with E-state index in [4.69, 9.17) is 17.0 Å². The molecule has 20 heavy (non-hydrogen) atoms. The van der Waals surface area contributed by atoms with E-state index in [0.29, 0.717) is 16.9 Å². The first-order valence-corrected chi connectivity index (χ1v) is 6.48. The Kier molecular flexibility index (Phi) is 4.14. The number of H-pyrrole nitrogens is 2. The summed E-state index contributed by atoms with van der Waals surface area (Å²) < 4.78 is 6.85. The third kappa shape index (κ3) is 2.69. The predicted octanol–water partition coefficient (Wildman–Crippen LogP) is 1.94. The summed E-state index contributed by atoms with van der Waals surface area (Å²) in [5, 5.41) is 10.5. The van der Waals surface area contributed by atoms with E-state index in [1.807, 2.05) is 13.8 Å². The molecule has 2 N–H and O–H groups in total. The third-order valence-electron chi connectivity index (χ3n) is 2.80. The van der Waals surface area contributed by atoms with Gasteiger partial charge in [-0.25, -0.2) is 4.79 Å². The molecule has 2 heterocycles. The van der Waals surface area contributed by atoms with Crippen LogP contribution < -0.4 is 0 Å². The molecule has 0 aliphatic heterocycles. The van der Waals surface area contributed by atoms with Crippen LogP contribution in [0.1, 0.15) is 34.2 Å². The number of carbonyl (C=O) groups excluding carboxylic acids is 1. The van der Waals surface area contributed by atoms with Crippen molar-refractivity contribution in [1.29, 1.82) is 0 Å².